The van der Waals surface area contributed by atoms with Crippen molar-refractivity contribution in [2.45, 2.75) is 0 Å². The van der Waals surface area contributed by atoms with Gasteiger partial charge in [0.25, 0.3) is 5.91 Å². The van der Waals surface area contributed by atoms with Crippen molar-refractivity contribution in [1.29, 1.82) is 0 Å². The van der Waals surface area contributed by atoms with E-state index in [1.165, 1.54) is 0 Å². The number of hydrogen-bond donors (Lipinski definition) is 2. The van der Waals surface area contributed by atoms with E-state index < -0.39 is 0 Å². The number of carbonyl (C=O) groups is 1. The van der Waals surface area contributed by atoms with E-state index in [-0.39, 0.29) is 19.1 Å². The molecule has 0 saturated carbocycles. The Balaban J connectivity index is 1.99. The summed E-state index contributed by atoms with van der Waals surface area (Å²) in [5.74, 6) is 0.148. The topological polar surface area (TPSA) is 76.4 Å². The number of benzene rings is 1. The van der Waals surface area contributed by atoms with E-state index in [0.717, 1.165) is 11.0 Å². The lowest BCUT2D eigenvalue weighted by Gasteiger charge is -2.05. The number of para-hydroxylation sites is 2. The Labute approximate surface area is 111 Å². The molecule has 1 amide bonds. The van der Waals surface area contributed by atoms with E-state index >= 15 is 0 Å². The highest BCUT2D eigenvalue weighted by molar-refractivity contribution is 5.94. The van der Waals surface area contributed by atoms with Crippen molar-refractivity contribution in [2.75, 3.05) is 26.4 Å². The fourth-order valence-electron chi connectivity index (χ4n) is 1.83. The quantitative estimate of drug-likeness (QED) is 0.736. The van der Waals surface area contributed by atoms with E-state index in [2.05, 4.69) is 10.3 Å². The molecule has 6 heteroatoms. The summed E-state index contributed by atoms with van der Waals surface area (Å²) in [5.41, 5.74) is 1.72. The molecule has 0 fully saturated rings. The maximum absolute atomic E-state index is 12.0. The zero-order valence-corrected chi connectivity index (χ0v) is 10.8. The minimum absolute atomic E-state index is 0.0152. The molecule has 102 valence electrons. The number of aryl methyl sites for hydroxylation is 1. The van der Waals surface area contributed by atoms with Crippen LogP contribution in [0.2, 0.25) is 0 Å². The van der Waals surface area contributed by atoms with E-state index in [4.69, 9.17) is 9.84 Å². The van der Waals surface area contributed by atoms with E-state index in [9.17, 15) is 4.79 Å². The van der Waals surface area contributed by atoms with Gasteiger partial charge in [-0.25, -0.2) is 4.98 Å². The second-order valence-corrected chi connectivity index (χ2v) is 4.08. The van der Waals surface area contributed by atoms with Crippen LogP contribution in [0.1, 0.15) is 10.6 Å². The third kappa shape index (κ3) is 3.10. The molecule has 0 aliphatic rings. The molecule has 0 radical (unpaired) electrons. The van der Waals surface area contributed by atoms with Gasteiger partial charge in [-0.2, -0.15) is 0 Å². The summed E-state index contributed by atoms with van der Waals surface area (Å²) in [5, 5.41) is 11.3. The number of amides is 1. The molecule has 2 aromatic rings. The first-order valence-corrected chi connectivity index (χ1v) is 6.12. The number of aliphatic hydroxyl groups excluding tert-OH is 1. The normalized spacial score (nSPS) is 10.8. The van der Waals surface area contributed by atoms with Gasteiger partial charge in [0, 0.05) is 13.6 Å². The molecular weight excluding hydrogens is 246 g/mol. The Morgan fingerprint density at radius 3 is 2.95 bits per heavy atom. The lowest BCUT2D eigenvalue weighted by molar-refractivity contribution is 0.0830. The van der Waals surface area contributed by atoms with Gasteiger partial charge in [-0.3, -0.25) is 4.79 Å². The molecule has 0 atom stereocenters. The van der Waals surface area contributed by atoms with Gasteiger partial charge in [0.15, 0.2) is 5.82 Å². The van der Waals surface area contributed by atoms with Crippen molar-refractivity contribution in [2.24, 2.45) is 7.05 Å². The Morgan fingerprint density at radius 1 is 1.42 bits per heavy atom. The minimum atomic E-state index is -0.230. The summed E-state index contributed by atoms with van der Waals surface area (Å²) >= 11 is 0. The van der Waals surface area contributed by atoms with Gasteiger partial charge in [0.2, 0.25) is 0 Å². The highest BCUT2D eigenvalue weighted by Gasteiger charge is 2.14. The molecular formula is C13H17N3O3. The number of nitrogens with zero attached hydrogens (tertiary/aromatic N) is 2. The van der Waals surface area contributed by atoms with Gasteiger partial charge in [0.05, 0.1) is 30.9 Å². The standard InChI is InChI=1S/C13H17N3O3/c1-16-11-5-3-2-4-10(11)15-12(16)13(18)14-6-8-19-9-7-17/h2-5,17H,6-9H2,1H3,(H,14,18). The number of imidazole rings is 1. The lowest BCUT2D eigenvalue weighted by Crippen LogP contribution is -2.29. The van der Waals surface area contributed by atoms with Crippen LogP contribution in [-0.4, -0.2) is 46.9 Å². The first kappa shape index (κ1) is 13.5. The van der Waals surface area contributed by atoms with Crippen molar-refractivity contribution in [3.63, 3.8) is 0 Å². The number of aromatic nitrogens is 2. The molecule has 1 aromatic heterocycles. The second-order valence-electron chi connectivity index (χ2n) is 4.08. The number of aliphatic hydroxyl groups is 1. The number of rotatable bonds is 6. The Morgan fingerprint density at radius 2 is 2.21 bits per heavy atom. The highest BCUT2D eigenvalue weighted by Crippen LogP contribution is 2.13. The van der Waals surface area contributed by atoms with E-state index in [1.807, 2.05) is 31.3 Å². The maximum Gasteiger partial charge on any atom is 0.287 e. The highest BCUT2D eigenvalue weighted by atomic mass is 16.5. The summed E-state index contributed by atoms with van der Waals surface area (Å²) in [6, 6.07) is 7.59. The number of ether oxygens (including phenoxy) is 1. The Kier molecular flexibility index (Phi) is 4.48. The average Bonchev–Trinajstić information content (AvgIpc) is 2.76. The van der Waals surface area contributed by atoms with E-state index in [1.54, 1.807) is 4.57 Å². The van der Waals surface area contributed by atoms with Crippen molar-refractivity contribution < 1.29 is 14.6 Å². The van der Waals surface area contributed by atoms with Crippen molar-refractivity contribution >= 4 is 16.9 Å². The van der Waals surface area contributed by atoms with Crippen LogP contribution < -0.4 is 5.32 Å². The number of hydrogen-bond acceptors (Lipinski definition) is 4. The zero-order valence-electron chi connectivity index (χ0n) is 10.8. The van der Waals surface area contributed by atoms with Crippen LogP contribution in [0, 0.1) is 0 Å². The molecule has 0 spiro atoms. The van der Waals surface area contributed by atoms with Gasteiger partial charge < -0.3 is 19.7 Å². The minimum Gasteiger partial charge on any atom is -0.394 e. The SMILES string of the molecule is Cn1c(C(=O)NCCOCCO)nc2ccccc21. The molecule has 6 nitrogen and oxygen atoms in total. The van der Waals surface area contributed by atoms with Crippen molar-refractivity contribution in [3.8, 4) is 0 Å². The van der Waals surface area contributed by atoms with Gasteiger partial charge in [0.1, 0.15) is 0 Å². The fourth-order valence-corrected chi connectivity index (χ4v) is 1.83. The summed E-state index contributed by atoms with van der Waals surface area (Å²) < 4.78 is 6.83. The molecule has 0 bridgehead atoms. The van der Waals surface area contributed by atoms with Crippen LogP contribution in [0.4, 0.5) is 0 Å². The molecule has 1 aromatic carbocycles. The van der Waals surface area contributed by atoms with Gasteiger partial charge in [-0.1, -0.05) is 12.1 Å². The van der Waals surface area contributed by atoms with Crippen LogP contribution in [0.15, 0.2) is 24.3 Å². The summed E-state index contributed by atoms with van der Waals surface area (Å²) in [6.45, 7) is 1.03. The molecule has 0 unspecified atom stereocenters. The van der Waals surface area contributed by atoms with Crippen LogP contribution >= 0.6 is 0 Å². The maximum atomic E-state index is 12.0. The lowest BCUT2D eigenvalue weighted by atomic mass is 10.3. The molecule has 2 rings (SSSR count). The first-order chi connectivity index (χ1) is 9.24. The first-order valence-electron chi connectivity index (χ1n) is 6.12. The van der Waals surface area contributed by atoms with Crippen molar-refractivity contribution in [1.82, 2.24) is 14.9 Å². The molecule has 0 saturated heterocycles. The number of nitrogens with one attached hydrogen (secondary N) is 1. The van der Waals surface area contributed by atoms with E-state index in [0.29, 0.717) is 19.0 Å². The largest absolute Gasteiger partial charge is 0.394 e. The fraction of sp³-hybridized carbons (Fsp3) is 0.385. The van der Waals surface area contributed by atoms with Crippen LogP contribution in [0.25, 0.3) is 11.0 Å². The summed E-state index contributed by atoms with van der Waals surface area (Å²) in [4.78, 5) is 16.3. The predicted octanol–water partition coefficient (Wildman–Crippen LogP) is 0.312. The van der Waals surface area contributed by atoms with Gasteiger partial charge in [-0.05, 0) is 12.1 Å². The predicted molar refractivity (Wildman–Crippen MR) is 71.0 cm³/mol. The Hall–Kier alpha value is -1.92. The molecule has 0 aliphatic heterocycles. The third-order valence-electron chi connectivity index (χ3n) is 2.76. The van der Waals surface area contributed by atoms with Gasteiger partial charge >= 0.3 is 0 Å². The number of carbonyl (C=O) groups excluding carboxylic acids is 1. The summed E-state index contributed by atoms with van der Waals surface area (Å²) in [7, 11) is 1.81. The average molecular weight is 263 g/mol. The third-order valence-corrected chi connectivity index (χ3v) is 2.76. The monoisotopic (exact) mass is 263 g/mol. The van der Waals surface area contributed by atoms with Crippen LogP contribution in [-0.2, 0) is 11.8 Å². The van der Waals surface area contributed by atoms with Crippen LogP contribution in [0.5, 0.6) is 0 Å². The molecule has 0 aliphatic carbocycles. The smallest absolute Gasteiger partial charge is 0.287 e. The Bertz CT molecular complexity index is 565. The number of fused-ring (bicyclic) bond motifs is 1. The van der Waals surface area contributed by atoms with Crippen LogP contribution in [0.3, 0.4) is 0 Å². The molecule has 19 heavy (non-hydrogen) atoms. The van der Waals surface area contributed by atoms with Gasteiger partial charge in [-0.15, -0.1) is 0 Å². The molecule has 2 N–H and O–H groups in total. The summed E-state index contributed by atoms with van der Waals surface area (Å²) in [6.07, 6.45) is 0. The molecule has 1 heterocycles. The second kappa shape index (κ2) is 6.31. The van der Waals surface area contributed by atoms with Crippen molar-refractivity contribution in [3.05, 3.63) is 30.1 Å². The zero-order chi connectivity index (χ0) is 13.7.